The Morgan fingerprint density at radius 3 is 1.26 bits per heavy atom. The Kier molecular flexibility index (Phi) is 4.45. The van der Waals surface area contributed by atoms with Crippen LogP contribution in [0.15, 0.2) is 96.1 Å². The summed E-state index contributed by atoms with van der Waals surface area (Å²) in [7, 11) is 0. The predicted molar refractivity (Wildman–Crippen MR) is 203 cm³/mol. The Morgan fingerprint density at radius 2 is 0.870 bits per heavy atom. The van der Waals surface area contributed by atoms with E-state index in [1.807, 2.05) is 0 Å². The van der Waals surface area contributed by atoms with E-state index in [0.29, 0.717) is 0 Å². The molecule has 10 rings (SSSR count). The van der Waals surface area contributed by atoms with Crippen LogP contribution in [-0.2, 0) is 27.3 Å². The molecule has 6 aromatic carbocycles. The topological polar surface area (TPSA) is 0 Å². The molecule has 0 aliphatic heterocycles. The van der Waals surface area contributed by atoms with Gasteiger partial charge in [-0.3, -0.25) is 0 Å². The molecule has 0 atom stereocenters. The van der Waals surface area contributed by atoms with E-state index in [1.165, 1.54) is 88.3 Å². The second kappa shape index (κ2) is 7.43. The molecular formula is C44H40SiZr. The number of allylic oxidation sites excluding steroid dienone is 2. The standard InChI is InChI=1S/2C20H13.4CH3.H2Si.Zr/c2*1-12-10-14-8-9-16-15-6-2-4-13-5-3-7-17(19(13)15)20(16)18(14)11-12;;;;;;/h2*2-7,9-10H,11H2,1H3;4*1H3;1H2;. The summed E-state index contributed by atoms with van der Waals surface area (Å²) in [4.78, 5) is 0. The summed E-state index contributed by atoms with van der Waals surface area (Å²) in [5.74, 6) is 0. The van der Waals surface area contributed by atoms with Crippen LogP contribution in [0.4, 0.5) is 0 Å². The van der Waals surface area contributed by atoms with E-state index in [2.05, 4.69) is 136 Å². The fraction of sp³-hybridized carbons (Fsp3) is 0.182. The van der Waals surface area contributed by atoms with Crippen molar-refractivity contribution >= 4 is 47.1 Å². The molecule has 0 aromatic heterocycles. The second-order valence-electron chi connectivity index (χ2n) is 19.1. The van der Waals surface area contributed by atoms with E-state index in [9.17, 15) is 0 Å². The molecule has 0 heterocycles. The fourth-order valence-electron chi connectivity index (χ4n) is 10.2. The Balaban J connectivity index is 1.37. The van der Waals surface area contributed by atoms with E-state index in [4.69, 9.17) is 0 Å². The first-order chi connectivity index (χ1) is 21.6. The zero-order chi connectivity index (χ0) is 31.7. The van der Waals surface area contributed by atoms with Crippen molar-refractivity contribution in [1.29, 1.82) is 0 Å². The van der Waals surface area contributed by atoms with Crippen molar-refractivity contribution < 1.29 is 14.4 Å². The Labute approximate surface area is 267 Å². The van der Waals surface area contributed by atoms with Crippen LogP contribution in [0.2, 0.25) is 18.5 Å². The van der Waals surface area contributed by atoms with Gasteiger partial charge in [-0.2, -0.15) is 0 Å². The third-order valence-corrected chi connectivity index (χ3v) is 32.7. The van der Waals surface area contributed by atoms with Crippen LogP contribution in [0.25, 0.3) is 78.2 Å². The number of hydrogen-bond donors (Lipinski definition) is 0. The van der Waals surface area contributed by atoms with Gasteiger partial charge in [-0.25, -0.2) is 0 Å². The third-order valence-electron chi connectivity index (χ3n) is 12.4. The van der Waals surface area contributed by atoms with Gasteiger partial charge < -0.3 is 0 Å². The molecule has 4 aliphatic rings. The van der Waals surface area contributed by atoms with Crippen molar-refractivity contribution in [3.05, 3.63) is 118 Å². The molecule has 0 spiro atoms. The van der Waals surface area contributed by atoms with Crippen molar-refractivity contribution in [3.8, 4) is 44.5 Å². The average molecular weight is 688 g/mol. The van der Waals surface area contributed by atoms with Gasteiger partial charge in [0.1, 0.15) is 0 Å². The van der Waals surface area contributed by atoms with Crippen LogP contribution in [0.1, 0.15) is 36.1 Å². The van der Waals surface area contributed by atoms with Crippen LogP contribution >= 0.6 is 0 Å². The van der Waals surface area contributed by atoms with Crippen LogP contribution in [0.5, 0.6) is 0 Å². The maximum absolute atomic E-state index is 5.12. The fourth-order valence-corrected chi connectivity index (χ4v) is 26.8. The van der Waals surface area contributed by atoms with Crippen LogP contribution in [-0.4, -0.2) is 6.88 Å². The maximum atomic E-state index is 2.74. The number of fused-ring (bicyclic) bond motifs is 10. The minimum atomic E-state index is -5.12. The number of rotatable bonds is 2. The molecule has 2 heteroatoms. The van der Waals surface area contributed by atoms with E-state index < -0.39 is 14.4 Å². The van der Waals surface area contributed by atoms with Gasteiger partial charge in [0.15, 0.2) is 0 Å². The molecule has 0 saturated carbocycles. The number of benzene rings is 6. The van der Waals surface area contributed by atoms with Crippen LogP contribution in [0, 0.1) is 0 Å². The zero-order valence-corrected chi connectivity index (χ0v) is 31.7. The van der Waals surface area contributed by atoms with E-state index in [-0.39, 0.29) is 0 Å². The summed E-state index contributed by atoms with van der Waals surface area (Å²) in [6, 6.07) is 33.0. The first-order valence-corrected chi connectivity index (χ1v) is 35.3. The SMILES string of the molecule is CC1=Cc2[c]([Zr]([CH3])([CH3])([CH3])([CH3])(=[SiH2])[c]3cc4c(c5c3C=C(C)C5)-c3cccc5cccc-4c35)cc3c(c2C1)-c1cccc2cccc-3c12. The van der Waals surface area contributed by atoms with Crippen molar-refractivity contribution in [1.82, 2.24) is 0 Å². The van der Waals surface area contributed by atoms with Gasteiger partial charge >= 0.3 is 270 Å². The summed E-state index contributed by atoms with van der Waals surface area (Å²) < 4.78 is 14.2. The van der Waals surface area contributed by atoms with Crippen molar-refractivity contribution in [2.45, 2.75) is 45.2 Å². The van der Waals surface area contributed by atoms with Gasteiger partial charge in [0, 0.05) is 0 Å². The number of hydrogen-bond acceptors (Lipinski definition) is 0. The first-order valence-electron chi connectivity index (χ1n) is 17.1. The molecule has 0 N–H and O–H groups in total. The first kappa shape index (κ1) is 27.5. The van der Waals surface area contributed by atoms with Crippen molar-refractivity contribution in [2.75, 3.05) is 0 Å². The molecule has 0 fully saturated rings. The molecule has 0 bridgehead atoms. The molecule has 224 valence electrons. The molecular weight excluding hydrogens is 648 g/mol. The van der Waals surface area contributed by atoms with Gasteiger partial charge in [0.2, 0.25) is 0 Å². The zero-order valence-electron chi connectivity index (χ0n) is 27.9. The molecule has 0 unspecified atom stereocenters. The normalized spacial score (nSPS) is 17.5. The quantitative estimate of drug-likeness (QED) is 0.159. The van der Waals surface area contributed by atoms with Crippen molar-refractivity contribution in [3.63, 3.8) is 0 Å². The van der Waals surface area contributed by atoms with E-state index >= 15 is 0 Å². The van der Waals surface area contributed by atoms with Crippen LogP contribution < -0.4 is 6.54 Å². The van der Waals surface area contributed by atoms with Gasteiger partial charge in [0.25, 0.3) is 0 Å². The average Bonchev–Trinajstić information content (AvgIpc) is 3.74. The monoisotopic (exact) mass is 686 g/mol. The van der Waals surface area contributed by atoms with Crippen molar-refractivity contribution in [2.24, 2.45) is 0 Å². The predicted octanol–water partition coefficient (Wildman–Crippen LogP) is 10.7. The Bertz CT molecular complexity index is 2540. The molecule has 0 saturated heterocycles. The van der Waals surface area contributed by atoms with E-state index in [0.717, 1.165) is 12.8 Å². The Hall–Kier alpha value is -3.58. The minimum absolute atomic E-state index is 1.03. The van der Waals surface area contributed by atoms with Gasteiger partial charge in [-0.1, -0.05) is 0 Å². The van der Waals surface area contributed by atoms with Gasteiger partial charge in [-0.15, -0.1) is 0 Å². The van der Waals surface area contributed by atoms with E-state index in [1.54, 1.807) is 17.7 Å². The van der Waals surface area contributed by atoms with Gasteiger partial charge in [0.05, 0.1) is 0 Å². The Morgan fingerprint density at radius 1 is 0.500 bits per heavy atom. The summed E-state index contributed by atoms with van der Waals surface area (Å²) >= 11 is -5.12. The molecule has 46 heavy (non-hydrogen) atoms. The van der Waals surface area contributed by atoms with Crippen LogP contribution in [0.3, 0.4) is 0 Å². The molecule has 0 amide bonds. The summed E-state index contributed by atoms with van der Waals surface area (Å²) in [6.45, 7) is 7.08. The molecule has 6 aromatic rings. The summed E-state index contributed by atoms with van der Waals surface area (Å²) in [5.41, 5.74) is 20.6. The summed E-state index contributed by atoms with van der Waals surface area (Å²) in [6.07, 6.45) is 7.18. The molecule has 0 nitrogen and oxygen atoms in total. The molecule has 4 aliphatic carbocycles. The third kappa shape index (κ3) is 3.19. The second-order valence-corrected chi connectivity index (χ2v) is 76.6. The molecule has 0 radical (unpaired) electrons. The van der Waals surface area contributed by atoms with Gasteiger partial charge in [-0.05, 0) is 0 Å². The summed E-state index contributed by atoms with van der Waals surface area (Å²) in [5, 5.41) is 5.56.